The molecule has 0 aromatic heterocycles. The van der Waals surface area contributed by atoms with Crippen molar-refractivity contribution < 1.29 is 18.4 Å². The number of likely N-dealkylation sites (tertiary alicyclic amines) is 1. The van der Waals surface area contributed by atoms with E-state index in [0.717, 1.165) is 49.3 Å². The minimum absolute atomic E-state index is 0.113. The second-order valence-electron chi connectivity index (χ2n) is 8.39. The monoisotopic (exact) mass is 441 g/mol. The molecule has 31 heavy (non-hydrogen) atoms. The van der Waals surface area contributed by atoms with Gasteiger partial charge in [0.1, 0.15) is 0 Å². The maximum absolute atomic E-state index is 12.3. The van der Waals surface area contributed by atoms with Gasteiger partial charge in [0.25, 0.3) is 5.91 Å². The predicted molar refractivity (Wildman–Crippen MR) is 120 cm³/mol. The molecule has 2 aromatic rings. The van der Waals surface area contributed by atoms with Gasteiger partial charge in [-0.3, -0.25) is 19.2 Å². The van der Waals surface area contributed by atoms with Crippen LogP contribution < -0.4 is 9.79 Å². The Morgan fingerprint density at radius 1 is 1.13 bits per heavy atom. The molecule has 2 heterocycles. The number of para-hydroxylation sites is 1. The van der Waals surface area contributed by atoms with Gasteiger partial charge in [-0.25, -0.2) is 13.9 Å². The fourth-order valence-electron chi connectivity index (χ4n) is 4.65. The third kappa shape index (κ3) is 4.51. The summed E-state index contributed by atoms with van der Waals surface area (Å²) < 4.78 is 26.2. The molecule has 0 atom stereocenters. The standard InChI is InChI=1S/C23H27N3O4S/c1-31(29,30)26-17-23(20-4-2-3-5-21(20)26)12-14-25(15-13-23)16-19-8-6-18(7-9-19)10-11-22(27)24-28/h2-11,28H,12-17H2,1H3,(H,24,27). The lowest BCUT2D eigenvalue weighted by Crippen LogP contribution is -2.45. The molecule has 7 nitrogen and oxygen atoms in total. The molecule has 2 aliphatic heterocycles. The summed E-state index contributed by atoms with van der Waals surface area (Å²) in [4.78, 5) is 13.5. The van der Waals surface area contributed by atoms with Crippen LogP contribution in [0, 0.1) is 0 Å². The minimum atomic E-state index is -3.29. The summed E-state index contributed by atoms with van der Waals surface area (Å²) in [6.07, 6.45) is 6.05. The SMILES string of the molecule is CS(=O)(=O)N1CC2(CCN(Cc3ccc(C=CC(=O)NO)cc3)CC2)c2ccccc21. The number of benzene rings is 2. The molecule has 0 bridgehead atoms. The molecule has 4 rings (SSSR count). The number of hydrogen-bond acceptors (Lipinski definition) is 5. The summed E-state index contributed by atoms with van der Waals surface area (Å²) in [5.41, 5.74) is 5.51. The Bertz CT molecular complexity index is 1090. The molecule has 1 saturated heterocycles. The number of anilines is 1. The maximum atomic E-state index is 12.3. The average Bonchev–Trinajstić information content (AvgIpc) is 3.09. The first-order valence-electron chi connectivity index (χ1n) is 10.3. The Balaban J connectivity index is 1.41. The van der Waals surface area contributed by atoms with Crippen LogP contribution in [0.1, 0.15) is 29.5 Å². The average molecular weight is 442 g/mol. The van der Waals surface area contributed by atoms with Crippen LogP contribution in [0.3, 0.4) is 0 Å². The number of amides is 1. The molecule has 1 spiro atoms. The summed E-state index contributed by atoms with van der Waals surface area (Å²) in [7, 11) is -3.29. The maximum Gasteiger partial charge on any atom is 0.267 e. The summed E-state index contributed by atoms with van der Waals surface area (Å²) in [6, 6.07) is 15.9. The van der Waals surface area contributed by atoms with E-state index in [4.69, 9.17) is 5.21 Å². The Hall–Kier alpha value is -2.68. The lowest BCUT2D eigenvalue weighted by Gasteiger charge is -2.39. The van der Waals surface area contributed by atoms with E-state index in [0.29, 0.717) is 6.54 Å². The van der Waals surface area contributed by atoms with Crippen molar-refractivity contribution in [3.8, 4) is 0 Å². The van der Waals surface area contributed by atoms with Crippen LogP contribution in [0.5, 0.6) is 0 Å². The van der Waals surface area contributed by atoms with Crippen LogP contribution in [0.4, 0.5) is 5.69 Å². The summed E-state index contributed by atoms with van der Waals surface area (Å²) in [5, 5.41) is 8.54. The molecular weight excluding hydrogens is 414 g/mol. The normalized spacial score (nSPS) is 18.5. The lowest BCUT2D eigenvalue weighted by molar-refractivity contribution is -0.124. The first-order valence-corrected chi connectivity index (χ1v) is 12.2. The quantitative estimate of drug-likeness (QED) is 0.423. The van der Waals surface area contributed by atoms with Crippen molar-refractivity contribution in [3.05, 3.63) is 71.3 Å². The number of carbonyl (C=O) groups excluding carboxylic acids is 1. The number of hydrogen-bond donors (Lipinski definition) is 2. The number of hydroxylamine groups is 1. The second-order valence-corrected chi connectivity index (χ2v) is 10.3. The summed E-state index contributed by atoms with van der Waals surface area (Å²) in [5.74, 6) is -0.561. The number of nitrogens with one attached hydrogen (secondary N) is 1. The van der Waals surface area contributed by atoms with E-state index in [-0.39, 0.29) is 5.41 Å². The zero-order valence-electron chi connectivity index (χ0n) is 17.5. The van der Waals surface area contributed by atoms with Gasteiger partial charge in [0.15, 0.2) is 0 Å². The van der Waals surface area contributed by atoms with Gasteiger partial charge < -0.3 is 0 Å². The zero-order valence-corrected chi connectivity index (χ0v) is 18.3. The highest BCUT2D eigenvalue weighted by atomic mass is 32.2. The number of nitrogens with zero attached hydrogens (tertiary/aromatic N) is 2. The Morgan fingerprint density at radius 2 is 1.81 bits per heavy atom. The molecular formula is C23H27N3O4S. The molecule has 1 fully saturated rings. The van der Waals surface area contributed by atoms with Crippen molar-refractivity contribution in [2.24, 2.45) is 0 Å². The van der Waals surface area contributed by atoms with Crippen molar-refractivity contribution in [2.45, 2.75) is 24.8 Å². The van der Waals surface area contributed by atoms with Crippen LogP contribution in [0.2, 0.25) is 0 Å². The highest BCUT2D eigenvalue weighted by Gasteiger charge is 2.46. The summed E-state index contributed by atoms with van der Waals surface area (Å²) >= 11 is 0. The largest absolute Gasteiger partial charge is 0.299 e. The van der Waals surface area contributed by atoms with E-state index < -0.39 is 15.9 Å². The van der Waals surface area contributed by atoms with Gasteiger partial charge in [-0.15, -0.1) is 0 Å². The van der Waals surface area contributed by atoms with E-state index >= 15 is 0 Å². The van der Waals surface area contributed by atoms with Gasteiger partial charge in [0, 0.05) is 24.6 Å². The van der Waals surface area contributed by atoms with Crippen molar-refractivity contribution >= 4 is 27.7 Å². The Labute approximate surface area is 183 Å². The molecule has 1 amide bonds. The molecule has 0 unspecified atom stereocenters. The zero-order chi connectivity index (χ0) is 22.1. The third-order valence-corrected chi connectivity index (χ3v) is 7.45. The van der Waals surface area contributed by atoms with E-state index in [9.17, 15) is 13.2 Å². The van der Waals surface area contributed by atoms with E-state index in [1.807, 2.05) is 42.5 Å². The smallest absolute Gasteiger partial charge is 0.267 e. The first kappa shape index (κ1) is 21.5. The Morgan fingerprint density at radius 3 is 2.45 bits per heavy atom. The van der Waals surface area contributed by atoms with Gasteiger partial charge >= 0.3 is 0 Å². The molecule has 2 N–H and O–H groups in total. The van der Waals surface area contributed by atoms with Crippen molar-refractivity contribution in [3.63, 3.8) is 0 Å². The molecule has 8 heteroatoms. The van der Waals surface area contributed by atoms with Crippen molar-refractivity contribution in [1.82, 2.24) is 10.4 Å². The van der Waals surface area contributed by atoms with Gasteiger partial charge in [-0.1, -0.05) is 42.5 Å². The number of rotatable bonds is 5. The molecule has 2 aliphatic rings. The number of fused-ring (bicyclic) bond motifs is 2. The van der Waals surface area contributed by atoms with Gasteiger partial charge in [0.05, 0.1) is 11.9 Å². The van der Waals surface area contributed by atoms with E-state index in [2.05, 4.69) is 11.0 Å². The molecule has 2 aromatic carbocycles. The summed E-state index contributed by atoms with van der Waals surface area (Å²) in [6.45, 7) is 3.17. The van der Waals surface area contributed by atoms with Crippen LogP contribution in [-0.4, -0.2) is 50.3 Å². The van der Waals surface area contributed by atoms with Crippen LogP contribution in [-0.2, 0) is 26.8 Å². The second kappa shape index (κ2) is 8.45. The fraction of sp³-hybridized carbons (Fsp3) is 0.348. The van der Waals surface area contributed by atoms with E-state index in [1.54, 1.807) is 15.9 Å². The number of carbonyl (C=O) groups is 1. The van der Waals surface area contributed by atoms with E-state index in [1.165, 1.54) is 17.9 Å². The highest BCUT2D eigenvalue weighted by Crippen LogP contribution is 2.47. The third-order valence-electron chi connectivity index (χ3n) is 6.33. The minimum Gasteiger partial charge on any atom is -0.299 e. The number of sulfonamides is 1. The Kier molecular flexibility index (Phi) is 5.88. The van der Waals surface area contributed by atoms with Gasteiger partial charge in [-0.05, 0) is 54.8 Å². The topological polar surface area (TPSA) is 90.0 Å². The van der Waals surface area contributed by atoms with Crippen molar-refractivity contribution in [1.29, 1.82) is 0 Å². The van der Waals surface area contributed by atoms with Gasteiger partial charge in [-0.2, -0.15) is 0 Å². The molecule has 164 valence electrons. The van der Waals surface area contributed by atoms with Gasteiger partial charge in [0.2, 0.25) is 10.0 Å². The lowest BCUT2D eigenvalue weighted by atomic mass is 9.74. The van der Waals surface area contributed by atoms with Crippen LogP contribution in [0.25, 0.3) is 6.08 Å². The number of piperidine rings is 1. The first-order chi connectivity index (χ1) is 14.8. The molecule has 0 aliphatic carbocycles. The van der Waals surface area contributed by atoms with Crippen LogP contribution >= 0.6 is 0 Å². The van der Waals surface area contributed by atoms with Crippen LogP contribution in [0.15, 0.2) is 54.6 Å². The molecule has 0 saturated carbocycles. The highest BCUT2D eigenvalue weighted by molar-refractivity contribution is 7.92. The fourth-order valence-corrected chi connectivity index (χ4v) is 5.65. The van der Waals surface area contributed by atoms with Crippen molar-refractivity contribution in [2.75, 3.05) is 30.2 Å². The molecule has 0 radical (unpaired) electrons. The predicted octanol–water partition coefficient (Wildman–Crippen LogP) is 2.52.